The zero-order valence-electron chi connectivity index (χ0n) is 17.4. The fraction of sp³-hybridized carbons (Fsp3) is 0.619. The highest BCUT2D eigenvalue weighted by Gasteiger charge is 2.29. The van der Waals surface area contributed by atoms with Gasteiger partial charge in [0.15, 0.2) is 5.13 Å². The van der Waals surface area contributed by atoms with Gasteiger partial charge in [0.05, 0.1) is 14.2 Å². The second kappa shape index (κ2) is 9.56. The molecule has 1 aliphatic rings. The molecule has 7 heteroatoms. The Morgan fingerprint density at radius 3 is 2.43 bits per heavy atom. The van der Waals surface area contributed by atoms with E-state index in [-0.39, 0.29) is 11.8 Å². The predicted octanol–water partition coefficient (Wildman–Crippen LogP) is 4.18. The van der Waals surface area contributed by atoms with Gasteiger partial charge in [0.25, 0.3) is 0 Å². The number of rotatable bonds is 8. The molecule has 1 aromatic carbocycles. The third-order valence-corrected chi connectivity index (χ3v) is 6.43. The summed E-state index contributed by atoms with van der Waals surface area (Å²) >= 11 is 1.51. The van der Waals surface area contributed by atoms with E-state index in [0.29, 0.717) is 12.3 Å². The number of carbonyl (C=O) groups is 1. The highest BCUT2D eigenvalue weighted by molar-refractivity contribution is 7.22. The number of hydrogen-bond acceptors (Lipinski definition) is 6. The van der Waals surface area contributed by atoms with Crippen molar-refractivity contribution < 1.29 is 14.3 Å². The van der Waals surface area contributed by atoms with E-state index in [4.69, 9.17) is 14.5 Å². The van der Waals surface area contributed by atoms with E-state index in [0.717, 1.165) is 59.7 Å². The van der Waals surface area contributed by atoms with Crippen LogP contribution in [0.5, 0.6) is 11.5 Å². The maximum atomic E-state index is 13.4. The molecule has 154 valence electrons. The van der Waals surface area contributed by atoms with Gasteiger partial charge in [-0.3, -0.25) is 9.69 Å². The fourth-order valence-corrected chi connectivity index (χ4v) is 4.91. The molecule has 6 nitrogen and oxygen atoms in total. The molecule has 0 N–H and O–H groups in total. The number of fused-ring (bicyclic) bond motifs is 1. The van der Waals surface area contributed by atoms with Gasteiger partial charge in [0.2, 0.25) is 5.91 Å². The standard InChI is InChI=1S/C21H31N3O3S/c1-23(2)13-8-14-24(20(25)15-9-6-5-7-10-15)21-22-18-16(26-3)11-12-17(27-4)19(18)28-21/h11-12,15H,5-10,13-14H2,1-4H3. The Balaban J connectivity index is 1.95. The van der Waals surface area contributed by atoms with Crippen LogP contribution in [-0.4, -0.2) is 57.2 Å². The van der Waals surface area contributed by atoms with Crippen molar-refractivity contribution in [2.75, 3.05) is 46.3 Å². The topological polar surface area (TPSA) is 54.9 Å². The molecule has 1 fully saturated rings. The van der Waals surface area contributed by atoms with E-state index in [1.165, 1.54) is 17.8 Å². The van der Waals surface area contributed by atoms with Gasteiger partial charge >= 0.3 is 0 Å². The first-order valence-electron chi connectivity index (χ1n) is 10.0. The minimum absolute atomic E-state index is 0.115. The van der Waals surface area contributed by atoms with E-state index in [2.05, 4.69) is 19.0 Å². The van der Waals surface area contributed by atoms with Crippen LogP contribution in [-0.2, 0) is 4.79 Å². The second-order valence-electron chi connectivity index (χ2n) is 7.63. The van der Waals surface area contributed by atoms with E-state index in [9.17, 15) is 4.79 Å². The normalized spacial score (nSPS) is 15.2. The molecule has 0 aliphatic heterocycles. The Bertz CT molecular complexity index is 759. The van der Waals surface area contributed by atoms with Crippen LogP contribution < -0.4 is 14.4 Å². The molecule has 3 rings (SSSR count). The Hall–Kier alpha value is -1.86. The van der Waals surface area contributed by atoms with Crippen LogP contribution in [0.25, 0.3) is 10.2 Å². The molecular formula is C21H31N3O3S. The van der Waals surface area contributed by atoms with Gasteiger partial charge in [-0.25, -0.2) is 4.98 Å². The minimum atomic E-state index is 0.115. The average Bonchev–Trinajstić information content (AvgIpc) is 3.15. The van der Waals surface area contributed by atoms with Crippen molar-refractivity contribution in [3.05, 3.63) is 12.1 Å². The molecule has 28 heavy (non-hydrogen) atoms. The van der Waals surface area contributed by atoms with E-state index >= 15 is 0 Å². The molecule has 0 unspecified atom stereocenters. The molecule has 0 saturated heterocycles. The van der Waals surface area contributed by atoms with E-state index in [1.54, 1.807) is 14.2 Å². The summed E-state index contributed by atoms with van der Waals surface area (Å²) in [6.07, 6.45) is 6.41. The van der Waals surface area contributed by atoms with Gasteiger partial charge in [0.1, 0.15) is 21.7 Å². The summed E-state index contributed by atoms with van der Waals surface area (Å²) in [7, 11) is 7.41. The third kappa shape index (κ3) is 4.58. The van der Waals surface area contributed by atoms with E-state index in [1.807, 2.05) is 17.0 Å². The molecule has 0 spiro atoms. The lowest BCUT2D eigenvalue weighted by Gasteiger charge is -2.28. The molecule has 1 aromatic heterocycles. The van der Waals surface area contributed by atoms with Crippen molar-refractivity contribution in [1.82, 2.24) is 9.88 Å². The van der Waals surface area contributed by atoms with Crippen LogP contribution in [0.4, 0.5) is 5.13 Å². The highest BCUT2D eigenvalue weighted by atomic mass is 32.1. The summed E-state index contributed by atoms with van der Waals surface area (Å²) < 4.78 is 11.9. The number of anilines is 1. The number of nitrogens with zero attached hydrogens (tertiary/aromatic N) is 3. The number of ether oxygens (including phenoxy) is 2. The zero-order chi connectivity index (χ0) is 20.1. The third-order valence-electron chi connectivity index (χ3n) is 5.34. The number of methoxy groups -OCH3 is 2. The maximum Gasteiger partial charge on any atom is 0.231 e. The Kier molecular flexibility index (Phi) is 7.13. The van der Waals surface area contributed by atoms with Gasteiger partial charge in [-0.2, -0.15) is 0 Å². The van der Waals surface area contributed by atoms with Crippen LogP contribution in [0.1, 0.15) is 38.5 Å². The van der Waals surface area contributed by atoms with Gasteiger partial charge in [0, 0.05) is 12.5 Å². The molecular weight excluding hydrogens is 374 g/mol. The number of amides is 1. The van der Waals surface area contributed by atoms with Crippen molar-refractivity contribution in [2.45, 2.75) is 38.5 Å². The predicted molar refractivity (Wildman–Crippen MR) is 115 cm³/mol. The van der Waals surface area contributed by atoms with Gasteiger partial charge in [-0.1, -0.05) is 30.6 Å². The van der Waals surface area contributed by atoms with Crippen molar-refractivity contribution >= 4 is 32.6 Å². The van der Waals surface area contributed by atoms with Crippen LogP contribution in [0.2, 0.25) is 0 Å². The summed E-state index contributed by atoms with van der Waals surface area (Å²) in [6.45, 7) is 1.62. The Morgan fingerprint density at radius 1 is 1.11 bits per heavy atom. The first-order chi connectivity index (χ1) is 13.5. The van der Waals surface area contributed by atoms with Crippen molar-refractivity contribution in [2.24, 2.45) is 5.92 Å². The van der Waals surface area contributed by atoms with Crippen LogP contribution >= 0.6 is 11.3 Å². The Morgan fingerprint density at radius 2 is 1.79 bits per heavy atom. The smallest absolute Gasteiger partial charge is 0.231 e. The highest BCUT2D eigenvalue weighted by Crippen LogP contribution is 2.41. The molecule has 0 radical (unpaired) electrons. The number of thiazole rings is 1. The van der Waals surface area contributed by atoms with Crippen LogP contribution in [0.15, 0.2) is 12.1 Å². The largest absolute Gasteiger partial charge is 0.495 e. The first kappa shape index (κ1) is 20.9. The van der Waals surface area contributed by atoms with Crippen molar-refractivity contribution in [3.8, 4) is 11.5 Å². The van der Waals surface area contributed by atoms with Crippen LogP contribution in [0.3, 0.4) is 0 Å². The Labute approximate surface area is 171 Å². The first-order valence-corrected chi connectivity index (χ1v) is 10.8. The maximum absolute atomic E-state index is 13.4. The van der Waals surface area contributed by atoms with Gasteiger partial charge in [-0.15, -0.1) is 0 Å². The summed E-state index contributed by atoms with van der Waals surface area (Å²) in [5.41, 5.74) is 0.760. The van der Waals surface area contributed by atoms with Gasteiger partial charge in [-0.05, 0) is 52.0 Å². The summed E-state index contributed by atoms with van der Waals surface area (Å²) in [6, 6.07) is 3.76. The van der Waals surface area contributed by atoms with E-state index < -0.39 is 0 Å². The molecule has 1 saturated carbocycles. The summed E-state index contributed by atoms with van der Waals surface area (Å²) in [5, 5.41) is 0.743. The lowest BCUT2D eigenvalue weighted by atomic mass is 9.88. The molecule has 2 aromatic rings. The zero-order valence-corrected chi connectivity index (χ0v) is 18.2. The number of carbonyl (C=O) groups excluding carboxylic acids is 1. The lowest BCUT2D eigenvalue weighted by molar-refractivity contribution is -0.123. The lowest BCUT2D eigenvalue weighted by Crippen LogP contribution is -2.38. The van der Waals surface area contributed by atoms with Crippen molar-refractivity contribution in [1.29, 1.82) is 0 Å². The average molecular weight is 406 g/mol. The second-order valence-corrected chi connectivity index (χ2v) is 8.60. The van der Waals surface area contributed by atoms with Gasteiger partial charge < -0.3 is 14.4 Å². The quantitative estimate of drug-likeness (QED) is 0.659. The number of aromatic nitrogens is 1. The molecule has 1 amide bonds. The number of benzene rings is 1. The number of hydrogen-bond donors (Lipinski definition) is 0. The van der Waals surface area contributed by atoms with Crippen molar-refractivity contribution in [3.63, 3.8) is 0 Å². The monoisotopic (exact) mass is 405 g/mol. The molecule has 1 aliphatic carbocycles. The van der Waals surface area contributed by atoms with Crippen LogP contribution in [0, 0.1) is 5.92 Å². The molecule has 1 heterocycles. The minimum Gasteiger partial charge on any atom is -0.495 e. The molecule has 0 bridgehead atoms. The SMILES string of the molecule is COc1ccc(OC)c2sc(N(CCCN(C)C)C(=O)C3CCCCC3)nc12. The molecule has 0 atom stereocenters. The fourth-order valence-electron chi connectivity index (χ4n) is 3.80. The summed E-state index contributed by atoms with van der Waals surface area (Å²) in [5.74, 6) is 1.80. The summed E-state index contributed by atoms with van der Waals surface area (Å²) in [4.78, 5) is 22.2.